The fraction of sp³-hybridized carbons (Fsp3) is 1.00. The third-order valence-electron chi connectivity index (χ3n) is 3.11. The van der Waals surface area contributed by atoms with Crippen LogP contribution in [-0.4, -0.2) is 34.8 Å². The molecule has 3 atom stereocenters. The van der Waals surface area contributed by atoms with Gasteiger partial charge in [-0.05, 0) is 37.9 Å². The SMILES string of the molecule is O[C@H]1CCC[C@@H]1NCC1CCCS1. The molecule has 1 heterocycles. The van der Waals surface area contributed by atoms with E-state index in [9.17, 15) is 5.11 Å². The summed E-state index contributed by atoms with van der Waals surface area (Å²) in [4.78, 5) is 0. The molecule has 3 heteroatoms. The maximum atomic E-state index is 9.59. The molecular weight excluding hydrogens is 182 g/mol. The smallest absolute Gasteiger partial charge is 0.0693 e. The quantitative estimate of drug-likeness (QED) is 0.723. The van der Waals surface area contributed by atoms with Gasteiger partial charge in [-0.25, -0.2) is 0 Å². The number of aliphatic hydroxyl groups is 1. The molecule has 2 rings (SSSR count). The van der Waals surface area contributed by atoms with E-state index in [1.54, 1.807) is 0 Å². The molecule has 1 aliphatic heterocycles. The van der Waals surface area contributed by atoms with Crippen LogP contribution >= 0.6 is 11.8 Å². The van der Waals surface area contributed by atoms with Gasteiger partial charge in [0.15, 0.2) is 0 Å². The predicted octanol–water partition coefficient (Wildman–Crippen LogP) is 1.39. The van der Waals surface area contributed by atoms with Crippen molar-refractivity contribution in [3.8, 4) is 0 Å². The molecule has 2 fully saturated rings. The van der Waals surface area contributed by atoms with Gasteiger partial charge in [-0.3, -0.25) is 0 Å². The highest BCUT2D eigenvalue weighted by Gasteiger charge is 2.25. The van der Waals surface area contributed by atoms with Crippen LogP contribution in [0.15, 0.2) is 0 Å². The van der Waals surface area contributed by atoms with Crippen molar-refractivity contribution in [2.24, 2.45) is 0 Å². The third-order valence-corrected chi connectivity index (χ3v) is 4.51. The van der Waals surface area contributed by atoms with Gasteiger partial charge in [0.2, 0.25) is 0 Å². The first-order valence-corrected chi connectivity index (χ1v) is 6.44. The number of aliphatic hydroxyl groups excluding tert-OH is 1. The summed E-state index contributed by atoms with van der Waals surface area (Å²) in [6.45, 7) is 1.10. The zero-order valence-corrected chi connectivity index (χ0v) is 8.85. The first-order chi connectivity index (χ1) is 6.36. The van der Waals surface area contributed by atoms with E-state index in [1.165, 1.54) is 31.4 Å². The molecule has 2 aliphatic rings. The number of rotatable bonds is 3. The molecule has 13 heavy (non-hydrogen) atoms. The fourth-order valence-electron chi connectivity index (χ4n) is 2.27. The zero-order valence-electron chi connectivity index (χ0n) is 8.04. The lowest BCUT2D eigenvalue weighted by Gasteiger charge is -2.18. The Hall–Kier alpha value is 0.270. The average Bonchev–Trinajstić information content (AvgIpc) is 2.72. The second-order valence-electron chi connectivity index (χ2n) is 4.15. The van der Waals surface area contributed by atoms with E-state index in [0.29, 0.717) is 6.04 Å². The second kappa shape index (κ2) is 4.67. The van der Waals surface area contributed by atoms with E-state index in [-0.39, 0.29) is 6.10 Å². The first kappa shape index (κ1) is 9.81. The highest BCUT2D eigenvalue weighted by atomic mass is 32.2. The standard InChI is InChI=1S/C10H19NOS/c12-10-5-1-4-9(10)11-7-8-3-2-6-13-8/h8-12H,1-7H2/t8?,9-,10-/m0/s1. The van der Waals surface area contributed by atoms with E-state index < -0.39 is 0 Å². The molecule has 2 nitrogen and oxygen atoms in total. The van der Waals surface area contributed by atoms with Crippen molar-refractivity contribution in [3.63, 3.8) is 0 Å². The van der Waals surface area contributed by atoms with Gasteiger partial charge in [-0.1, -0.05) is 0 Å². The minimum atomic E-state index is -0.0774. The van der Waals surface area contributed by atoms with E-state index in [4.69, 9.17) is 0 Å². The van der Waals surface area contributed by atoms with Crippen LogP contribution in [0.25, 0.3) is 0 Å². The van der Waals surface area contributed by atoms with Gasteiger partial charge in [0.25, 0.3) is 0 Å². The summed E-state index contributed by atoms with van der Waals surface area (Å²) in [6, 6.07) is 0.390. The lowest BCUT2D eigenvalue weighted by atomic mass is 10.2. The minimum Gasteiger partial charge on any atom is -0.392 e. The van der Waals surface area contributed by atoms with Crippen LogP contribution in [0.3, 0.4) is 0 Å². The van der Waals surface area contributed by atoms with Crippen LogP contribution in [0, 0.1) is 0 Å². The summed E-state index contributed by atoms with van der Waals surface area (Å²) in [7, 11) is 0. The molecule has 0 bridgehead atoms. The first-order valence-electron chi connectivity index (χ1n) is 5.39. The summed E-state index contributed by atoms with van der Waals surface area (Å²) in [6.07, 6.45) is 6.02. The van der Waals surface area contributed by atoms with E-state index in [2.05, 4.69) is 17.1 Å². The summed E-state index contributed by atoms with van der Waals surface area (Å²) in [5.74, 6) is 1.33. The summed E-state index contributed by atoms with van der Waals surface area (Å²) < 4.78 is 0. The highest BCUT2D eigenvalue weighted by Crippen LogP contribution is 2.26. The lowest BCUT2D eigenvalue weighted by Crippen LogP contribution is -2.38. The maximum absolute atomic E-state index is 9.59. The Morgan fingerprint density at radius 2 is 2.15 bits per heavy atom. The largest absolute Gasteiger partial charge is 0.392 e. The molecule has 76 valence electrons. The molecule has 0 aromatic rings. The van der Waals surface area contributed by atoms with Crippen LogP contribution in [0.4, 0.5) is 0 Å². The van der Waals surface area contributed by atoms with E-state index >= 15 is 0 Å². The molecular formula is C10H19NOS. The van der Waals surface area contributed by atoms with Gasteiger partial charge in [0.05, 0.1) is 6.10 Å². The molecule has 1 saturated carbocycles. The fourth-order valence-corrected chi connectivity index (χ4v) is 3.48. The maximum Gasteiger partial charge on any atom is 0.0693 e. The molecule has 0 aromatic heterocycles. The van der Waals surface area contributed by atoms with Crippen molar-refractivity contribution in [2.45, 2.75) is 49.5 Å². The van der Waals surface area contributed by atoms with Crippen LogP contribution in [0.2, 0.25) is 0 Å². The molecule has 1 saturated heterocycles. The topological polar surface area (TPSA) is 32.3 Å². The predicted molar refractivity (Wildman–Crippen MR) is 57.1 cm³/mol. The van der Waals surface area contributed by atoms with Gasteiger partial charge in [-0.15, -0.1) is 0 Å². The Bertz CT molecular complexity index is 159. The summed E-state index contributed by atoms with van der Waals surface area (Å²) in [5.41, 5.74) is 0. The molecule has 0 radical (unpaired) electrons. The Morgan fingerprint density at radius 1 is 1.23 bits per heavy atom. The summed E-state index contributed by atoms with van der Waals surface area (Å²) >= 11 is 2.08. The van der Waals surface area contributed by atoms with Crippen LogP contribution < -0.4 is 5.32 Å². The lowest BCUT2D eigenvalue weighted by molar-refractivity contribution is 0.149. The monoisotopic (exact) mass is 201 g/mol. The minimum absolute atomic E-state index is 0.0774. The molecule has 0 amide bonds. The van der Waals surface area contributed by atoms with Gasteiger partial charge in [0.1, 0.15) is 0 Å². The molecule has 2 N–H and O–H groups in total. The third kappa shape index (κ3) is 2.61. The molecule has 0 aromatic carbocycles. The van der Waals surface area contributed by atoms with E-state index in [1.807, 2.05) is 0 Å². The Kier molecular flexibility index (Phi) is 3.52. The second-order valence-corrected chi connectivity index (χ2v) is 5.56. The molecule has 1 unspecified atom stereocenters. The zero-order chi connectivity index (χ0) is 9.10. The van der Waals surface area contributed by atoms with E-state index in [0.717, 1.165) is 18.2 Å². The van der Waals surface area contributed by atoms with Gasteiger partial charge in [0, 0.05) is 17.8 Å². The molecule has 1 aliphatic carbocycles. The van der Waals surface area contributed by atoms with Gasteiger partial charge in [-0.2, -0.15) is 11.8 Å². The van der Waals surface area contributed by atoms with Crippen molar-refractivity contribution in [1.82, 2.24) is 5.32 Å². The molecule has 0 spiro atoms. The van der Waals surface area contributed by atoms with Crippen molar-refractivity contribution in [3.05, 3.63) is 0 Å². The number of thioether (sulfide) groups is 1. The Labute approximate surface area is 84.5 Å². The average molecular weight is 201 g/mol. The van der Waals surface area contributed by atoms with Crippen molar-refractivity contribution in [1.29, 1.82) is 0 Å². The van der Waals surface area contributed by atoms with Crippen molar-refractivity contribution < 1.29 is 5.11 Å². The van der Waals surface area contributed by atoms with Crippen LogP contribution in [-0.2, 0) is 0 Å². The van der Waals surface area contributed by atoms with Crippen molar-refractivity contribution in [2.75, 3.05) is 12.3 Å². The van der Waals surface area contributed by atoms with Crippen molar-refractivity contribution >= 4 is 11.8 Å². The number of hydrogen-bond donors (Lipinski definition) is 2. The van der Waals surface area contributed by atoms with Crippen LogP contribution in [0.5, 0.6) is 0 Å². The Balaban J connectivity index is 1.66. The highest BCUT2D eigenvalue weighted by molar-refractivity contribution is 8.00. The number of hydrogen-bond acceptors (Lipinski definition) is 3. The Morgan fingerprint density at radius 3 is 2.77 bits per heavy atom. The van der Waals surface area contributed by atoms with Gasteiger partial charge >= 0.3 is 0 Å². The summed E-state index contributed by atoms with van der Waals surface area (Å²) in [5, 5.41) is 13.9. The van der Waals surface area contributed by atoms with Crippen LogP contribution in [0.1, 0.15) is 32.1 Å². The normalized spacial score (nSPS) is 39.9. The number of nitrogens with one attached hydrogen (secondary N) is 1. The van der Waals surface area contributed by atoms with Gasteiger partial charge < -0.3 is 10.4 Å².